The third-order valence-corrected chi connectivity index (χ3v) is 3.80. The van der Waals surface area contributed by atoms with Crippen LogP contribution in [0.1, 0.15) is 37.7 Å². The molecule has 17 heavy (non-hydrogen) atoms. The van der Waals surface area contributed by atoms with Crippen molar-refractivity contribution in [2.24, 2.45) is 5.92 Å². The van der Waals surface area contributed by atoms with Crippen molar-refractivity contribution in [2.75, 3.05) is 11.9 Å². The fraction of sp³-hybridized carbons (Fsp3) is 0.500. The van der Waals surface area contributed by atoms with Crippen LogP contribution < -0.4 is 5.32 Å². The summed E-state index contributed by atoms with van der Waals surface area (Å²) in [5, 5.41) is 12.4. The Morgan fingerprint density at radius 2 is 2.00 bits per heavy atom. The van der Waals surface area contributed by atoms with Crippen molar-refractivity contribution < 1.29 is 0 Å². The molecular weight excluding hydrogens is 276 g/mol. The first-order valence-electron chi connectivity index (χ1n) is 6.22. The van der Waals surface area contributed by atoms with E-state index in [-0.39, 0.29) is 0 Å². The molecule has 1 fully saturated rings. The highest BCUT2D eigenvalue weighted by molar-refractivity contribution is 9.10. The van der Waals surface area contributed by atoms with E-state index in [0.717, 1.165) is 22.6 Å². The van der Waals surface area contributed by atoms with Crippen molar-refractivity contribution in [3.63, 3.8) is 0 Å². The van der Waals surface area contributed by atoms with Crippen LogP contribution in [0, 0.1) is 17.2 Å². The molecule has 1 saturated carbocycles. The van der Waals surface area contributed by atoms with E-state index >= 15 is 0 Å². The zero-order valence-corrected chi connectivity index (χ0v) is 11.5. The fourth-order valence-electron chi connectivity index (χ4n) is 2.41. The van der Waals surface area contributed by atoms with Crippen LogP contribution >= 0.6 is 15.9 Å². The highest BCUT2D eigenvalue weighted by Crippen LogP contribution is 2.25. The molecule has 0 amide bonds. The molecule has 1 aliphatic rings. The van der Waals surface area contributed by atoms with Crippen LogP contribution in [0.4, 0.5) is 5.69 Å². The van der Waals surface area contributed by atoms with Crippen molar-refractivity contribution >= 4 is 21.6 Å². The highest BCUT2D eigenvalue weighted by Gasteiger charge is 2.12. The second-order valence-corrected chi connectivity index (χ2v) is 5.64. The zero-order valence-electron chi connectivity index (χ0n) is 9.88. The maximum Gasteiger partial charge on any atom is 0.0992 e. The number of halogens is 1. The molecule has 0 aromatic heterocycles. The first-order chi connectivity index (χ1) is 8.28. The quantitative estimate of drug-likeness (QED) is 0.901. The van der Waals surface area contributed by atoms with E-state index in [1.807, 2.05) is 18.2 Å². The van der Waals surface area contributed by atoms with Crippen LogP contribution in [0.25, 0.3) is 0 Å². The standard InChI is InChI=1S/C14H17BrN2/c15-13-6-12(9-16)7-14(8-13)17-10-11-4-2-1-3-5-11/h6-8,11,17H,1-5,10H2. The van der Waals surface area contributed by atoms with Gasteiger partial charge in [-0.1, -0.05) is 35.2 Å². The van der Waals surface area contributed by atoms with Gasteiger partial charge in [-0.15, -0.1) is 0 Å². The van der Waals surface area contributed by atoms with E-state index in [9.17, 15) is 0 Å². The highest BCUT2D eigenvalue weighted by atomic mass is 79.9. The Balaban J connectivity index is 1.94. The minimum absolute atomic E-state index is 0.700. The number of hydrogen-bond acceptors (Lipinski definition) is 2. The number of nitriles is 1. The molecule has 3 heteroatoms. The van der Waals surface area contributed by atoms with Gasteiger partial charge in [0.2, 0.25) is 0 Å². The van der Waals surface area contributed by atoms with Crippen molar-refractivity contribution in [1.82, 2.24) is 0 Å². The van der Waals surface area contributed by atoms with Crippen LogP contribution in [0.5, 0.6) is 0 Å². The van der Waals surface area contributed by atoms with Gasteiger partial charge in [0.05, 0.1) is 11.6 Å². The Morgan fingerprint density at radius 3 is 2.71 bits per heavy atom. The van der Waals surface area contributed by atoms with Gasteiger partial charge in [0.25, 0.3) is 0 Å². The summed E-state index contributed by atoms with van der Waals surface area (Å²) in [5.41, 5.74) is 1.74. The van der Waals surface area contributed by atoms with Gasteiger partial charge in [-0.3, -0.25) is 0 Å². The van der Waals surface area contributed by atoms with Crippen LogP contribution in [0.15, 0.2) is 22.7 Å². The number of hydrogen-bond donors (Lipinski definition) is 1. The van der Waals surface area contributed by atoms with Gasteiger partial charge in [0, 0.05) is 16.7 Å². The molecule has 1 aliphatic carbocycles. The zero-order chi connectivity index (χ0) is 12.1. The van der Waals surface area contributed by atoms with E-state index in [2.05, 4.69) is 27.3 Å². The molecule has 0 radical (unpaired) electrons. The van der Waals surface area contributed by atoms with Gasteiger partial charge in [0.15, 0.2) is 0 Å². The third-order valence-electron chi connectivity index (χ3n) is 3.35. The summed E-state index contributed by atoms with van der Waals surface area (Å²) in [7, 11) is 0. The summed E-state index contributed by atoms with van der Waals surface area (Å²) in [4.78, 5) is 0. The molecule has 0 heterocycles. The van der Waals surface area contributed by atoms with Gasteiger partial charge < -0.3 is 5.32 Å². The lowest BCUT2D eigenvalue weighted by molar-refractivity contribution is 0.373. The molecule has 0 spiro atoms. The molecule has 0 bridgehead atoms. The van der Waals surface area contributed by atoms with E-state index in [0.29, 0.717) is 5.56 Å². The Hall–Kier alpha value is -1.01. The number of nitrogens with one attached hydrogen (secondary N) is 1. The van der Waals surface area contributed by atoms with Crippen LogP contribution in [0.3, 0.4) is 0 Å². The topological polar surface area (TPSA) is 35.8 Å². The predicted molar refractivity (Wildman–Crippen MR) is 73.9 cm³/mol. The largest absolute Gasteiger partial charge is 0.385 e. The third kappa shape index (κ3) is 3.74. The predicted octanol–water partition coefficient (Wildman–Crippen LogP) is 4.31. The van der Waals surface area contributed by atoms with Crippen LogP contribution in [-0.2, 0) is 0 Å². The van der Waals surface area contributed by atoms with E-state index in [1.54, 1.807) is 0 Å². The lowest BCUT2D eigenvalue weighted by Crippen LogP contribution is -2.17. The van der Waals surface area contributed by atoms with Crippen molar-refractivity contribution in [3.8, 4) is 6.07 Å². The van der Waals surface area contributed by atoms with Gasteiger partial charge in [-0.25, -0.2) is 0 Å². The van der Waals surface area contributed by atoms with Crippen LogP contribution in [-0.4, -0.2) is 6.54 Å². The minimum Gasteiger partial charge on any atom is -0.385 e. The molecule has 0 unspecified atom stereocenters. The molecule has 2 rings (SSSR count). The monoisotopic (exact) mass is 292 g/mol. The summed E-state index contributed by atoms with van der Waals surface area (Å²) in [6.07, 6.45) is 6.81. The Kier molecular flexibility index (Phi) is 4.44. The van der Waals surface area contributed by atoms with Gasteiger partial charge >= 0.3 is 0 Å². The summed E-state index contributed by atoms with van der Waals surface area (Å²) < 4.78 is 0.961. The molecule has 0 saturated heterocycles. The first kappa shape index (κ1) is 12.4. The summed E-state index contributed by atoms with van der Waals surface area (Å²) >= 11 is 3.43. The van der Waals surface area contributed by atoms with E-state index in [4.69, 9.17) is 5.26 Å². The van der Waals surface area contributed by atoms with Gasteiger partial charge in [0.1, 0.15) is 0 Å². The summed E-state index contributed by atoms with van der Waals surface area (Å²) in [6, 6.07) is 7.96. The summed E-state index contributed by atoms with van der Waals surface area (Å²) in [6.45, 7) is 1.03. The van der Waals surface area contributed by atoms with Crippen LogP contribution in [0.2, 0.25) is 0 Å². The van der Waals surface area contributed by atoms with Crippen molar-refractivity contribution in [2.45, 2.75) is 32.1 Å². The molecule has 1 N–H and O–H groups in total. The Labute approximate surface area is 111 Å². The Bertz CT molecular complexity index is 417. The SMILES string of the molecule is N#Cc1cc(Br)cc(NCC2CCCCC2)c1. The molecule has 90 valence electrons. The summed E-state index contributed by atoms with van der Waals surface area (Å²) in [5.74, 6) is 0.799. The Morgan fingerprint density at radius 1 is 1.24 bits per heavy atom. The van der Waals surface area contributed by atoms with E-state index < -0.39 is 0 Å². The maximum atomic E-state index is 8.90. The number of rotatable bonds is 3. The maximum absolute atomic E-state index is 8.90. The fourth-order valence-corrected chi connectivity index (χ4v) is 2.90. The van der Waals surface area contributed by atoms with Crippen molar-refractivity contribution in [1.29, 1.82) is 5.26 Å². The average molecular weight is 293 g/mol. The molecule has 2 nitrogen and oxygen atoms in total. The normalized spacial score (nSPS) is 16.5. The lowest BCUT2D eigenvalue weighted by Gasteiger charge is -2.22. The lowest BCUT2D eigenvalue weighted by atomic mass is 9.89. The first-order valence-corrected chi connectivity index (χ1v) is 7.02. The molecule has 1 aromatic carbocycles. The second kappa shape index (κ2) is 6.07. The van der Waals surface area contributed by atoms with Gasteiger partial charge in [-0.05, 0) is 37.0 Å². The molecule has 1 aromatic rings. The number of nitrogens with zero attached hydrogens (tertiary/aromatic N) is 1. The van der Waals surface area contributed by atoms with E-state index in [1.165, 1.54) is 32.1 Å². The minimum atomic E-state index is 0.700. The molecule has 0 aliphatic heterocycles. The average Bonchev–Trinajstić information content (AvgIpc) is 2.37. The second-order valence-electron chi connectivity index (χ2n) is 4.73. The van der Waals surface area contributed by atoms with Crippen molar-refractivity contribution in [3.05, 3.63) is 28.2 Å². The molecular formula is C14H17BrN2. The number of benzene rings is 1. The van der Waals surface area contributed by atoms with Gasteiger partial charge in [-0.2, -0.15) is 5.26 Å². The number of anilines is 1. The smallest absolute Gasteiger partial charge is 0.0992 e. The molecule has 0 atom stereocenters.